The second-order valence-corrected chi connectivity index (χ2v) is 13.5. The van der Waals surface area contributed by atoms with E-state index in [1.54, 1.807) is 0 Å². The first kappa shape index (κ1) is 43.4. The zero-order chi connectivity index (χ0) is 32.9. The average molecular weight is 633 g/mol. The van der Waals surface area contributed by atoms with Gasteiger partial charge in [-0.2, -0.15) is 0 Å². The summed E-state index contributed by atoms with van der Waals surface area (Å²) in [6.07, 6.45) is 46.7. The first-order chi connectivity index (χ1) is 22.1. The molecule has 4 nitrogen and oxygen atoms in total. The van der Waals surface area contributed by atoms with Crippen LogP contribution in [0.5, 0.6) is 0 Å². The highest BCUT2D eigenvalue weighted by Gasteiger charge is 2.14. The number of ether oxygens (including phenoxy) is 1. The van der Waals surface area contributed by atoms with Crippen molar-refractivity contribution in [2.75, 3.05) is 0 Å². The Morgan fingerprint density at radius 1 is 0.489 bits per heavy atom. The summed E-state index contributed by atoms with van der Waals surface area (Å²) in [7, 11) is 0. The van der Waals surface area contributed by atoms with Gasteiger partial charge in [-0.15, -0.1) is 0 Å². The summed E-state index contributed by atoms with van der Waals surface area (Å²) in [5.74, 6) is -0.661. The first-order valence-corrected chi connectivity index (χ1v) is 19.8. The van der Waals surface area contributed by atoms with Crippen LogP contribution < -0.4 is 0 Å². The number of rotatable bonds is 36. The van der Waals surface area contributed by atoms with E-state index in [1.807, 2.05) is 0 Å². The van der Waals surface area contributed by atoms with Gasteiger partial charge in [-0.25, -0.2) is 0 Å². The molecule has 0 amide bonds. The summed E-state index contributed by atoms with van der Waals surface area (Å²) >= 11 is 0. The van der Waals surface area contributed by atoms with Crippen LogP contribution in [0.2, 0.25) is 0 Å². The van der Waals surface area contributed by atoms with Gasteiger partial charge in [-0.05, 0) is 64.2 Å². The van der Waals surface area contributed by atoms with E-state index in [9.17, 15) is 9.59 Å². The minimum Gasteiger partial charge on any atom is -0.481 e. The lowest BCUT2D eigenvalue weighted by Gasteiger charge is -2.18. The maximum Gasteiger partial charge on any atom is 0.306 e. The zero-order valence-electron chi connectivity index (χ0n) is 30.2. The summed E-state index contributed by atoms with van der Waals surface area (Å²) in [5, 5.41) is 8.69. The van der Waals surface area contributed by atoms with Crippen LogP contribution >= 0.6 is 0 Å². The Kier molecular flexibility index (Phi) is 35.6. The molecule has 0 heterocycles. The van der Waals surface area contributed by atoms with Crippen molar-refractivity contribution >= 4 is 11.9 Å². The maximum absolute atomic E-state index is 12.5. The minimum atomic E-state index is -0.679. The Hall–Kier alpha value is -1.58. The van der Waals surface area contributed by atoms with Gasteiger partial charge in [0, 0.05) is 12.8 Å². The van der Waals surface area contributed by atoms with E-state index >= 15 is 0 Å². The molecule has 0 aliphatic carbocycles. The standard InChI is InChI=1S/C41H76O4/c1-3-5-7-8-9-10-11-12-13-14-15-16-17-18-19-20-21-25-28-31-34-38-41(44)45-39(35-6-4-2)36-32-29-26-23-22-24-27-30-33-37-40(42)43/h9-10,12-13,39H,3-8,11,14-38H2,1-2H3,(H,42,43)/b10-9-,13-12-. The molecule has 45 heavy (non-hydrogen) atoms. The van der Waals surface area contributed by atoms with Crippen LogP contribution in [-0.2, 0) is 14.3 Å². The Morgan fingerprint density at radius 2 is 0.889 bits per heavy atom. The molecule has 0 saturated carbocycles. The van der Waals surface area contributed by atoms with Gasteiger partial charge in [0.2, 0.25) is 0 Å². The highest BCUT2D eigenvalue weighted by molar-refractivity contribution is 5.69. The van der Waals surface area contributed by atoms with Crippen molar-refractivity contribution in [3.8, 4) is 0 Å². The van der Waals surface area contributed by atoms with Gasteiger partial charge in [0.05, 0.1) is 0 Å². The van der Waals surface area contributed by atoms with E-state index in [2.05, 4.69) is 38.2 Å². The number of hydrogen-bond donors (Lipinski definition) is 1. The average Bonchev–Trinajstić information content (AvgIpc) is 3.02. The van der Waals surface area contributed by atoms with Crippen LogP contribution in [0.1, 0.15) is 219 Å². The molecule has 264 valence electrons. The van der Waals surface area contributed by atoms with Gasteiger partial charge in [0.1, 0.15) is 6.10 Å². The number of esters is 1. The maximum atomic E-state index is 12.5. The van der Waals surface area contributed by atoms with Gasteiger partial charge in [0.25, 0.3) is 0 Å². The summed E-state index contributed by atoms with van der Waals surface area (Å²) in [5.41, 5.74) is 0. The predicted molar refractivity (Wildman–Crippen MR) is 195 cm³/mol. The van der Waals surface area contributed by atoms with Crippen molar-refractivity contribution in [3.05, 3.63) is 24.3 Å². The van der Waals surface area contributed by atoms with Crippen LogP contribution in [0.15, 0.2) is 24.3 Å². The molecular formula is C41H76O4. The van der Waals surface area contributed by atoms with Crippen LogP contribution in [0.3, 0.4) is 0 Å². The smallest absolute Gasteiger partial charge is 0.306 e. The molecule has 0 saturated heterocycles. The van der Waals surface area contributed by atoms with Crippen LogP contribution in [-0.4, -0.2) is 23.1 Å². The molecule has 0 aliphatic rings. The SMILES string of the molecule is CCCCC/C=C\C/C=C\CCCCCCCCCCCCCC(=O)OC(CCCC)CCCCCCCCCCCC(=O)O. The summed E-state index contributed by atoms with van der Waals surface area (Å²) < 4.78 is 5.91. The molecular weight excluding hydrogens is 556 g/mol. The number of allylic oxidation sites excluding steroid dienone is 4. The topological polar surface area (TPSA) is 63.6 Å². The molecule has 1 atom stereocenters. The zero-order valence-corrected chi connectivity index (χ0v) is 30.2. The van der Waals surface area contributed by atoms with Gasteiger partial charge in [0.15, 0.2) is 0 Å². The Morgan fingerprint density at radius 3 is 1.38 bits per heavy atom. The molecule has 0 aliphatic heterocycles. The highest BCUT2D eigenvalue weighted by atomic mass is 16.5. The lowest BCUT2D eigenvalue weighted by Crippen LogP contribution is -2.18. The van der Waals surface area contributed by atoms with Crippen molar-refractivity contribution < 1.29 is 19.4 Å². The number of carboxylic acid groups (broad SMARTS) is 1. The third kappa shape index (κ3) is 36.8. The fraction of sp³-hybridized carbons (Fsp3) is 0.854. The third-order valence-corrected chi connectivity index (χ3v) is 8.93. The molecule has 0 fully saturated rings. The number of carbonyl (C=O) groups is 2. The van der Waals surface area contributed by atoms with E-state index in [4.69, 9.17) is 9.84 Å². The van der Waals surface area contributed by atoms with Crippen LogP contribution in [0.4, 0.5) is 0 Å². The van der Waals surface area contributed by atoms with Gasteiger partial charge >= 0.3 is 11.9 Å². The van der Waals surface area contributed by atoms with E-state index in [0.717, 1.165) is 70.6 Å². The normalized spacial score (nSPS) is 12.4. The lowest BCUT2D eigenvalue weighted by atomic mass is 10.0. The highest BCUT2D eigenvalue weighted by Crippen LogP contribution is 2.18. The quantitative estimate of drug-likeness (QED) is 0.0424. The van der Waals surface area contributed by atoms with Crippen molar-refractivity contribution in [2.45, 2.75) is 225 Å². The largest absolute Gasteiger partial charge is 0.481 e. The summed E-state index contributed by atoms with van der Waals surface area (Å²) in [6, 6.07) is 0. The van der Waals surface area contributed by atoms with E-state index < -0.39 is 5.97 Å². The van der Waals surface area contributed by atoms with Gasteiger partial charge in [-0.3, -0.25) is 9.59 Å². The number of carbonyl (C=O) groups excluding carboxylic acids is 1. The van der Waals surface area contributed by atoms with Crippen molar-refractivity contribution in [1.82, 2.24) is 0 Å². The fourth-order valence-corrected chi connectivity index (χ4v) is 5.97. The van der Waals surface area contributed by atoms with Crippen molar-refractivity contribution in [2.24, 2.45) is 0 Å². The molecule has 0 rings (SSSR count). The van der Waals surface area contributed by atoms with Crippen LogP contribution in [0.25, 0.3) is 0 Å². The molecule has 1 unspecified atom stereocenters. The fourth-order valence-electron chi connectivity index (χ4n) is 5.97. The minimum absolute atomic E-state index is 0.0177. The molecule has 0 aromatic carbocycles. The lowest BCUT2D eigenvalue weighted by molar-refractivity contribution is -0.150. The molecule has 0 spiro atoms. The number of aliphatic carboxylic acids is 1. The molecule has 1 N–H and O–H groups in total. The van der Waals surface area contributed by atoms with E-state index in [-0.39, 0.29) is 12.1 Å². The van der Waals surface area contributed by atoms with Gasteiger partial charge in [-0.1, -0.05) is 167 Å². The second kappa shape index (κ2) is 36.9. The van der Waals surface area contributed by atoms with E-state index in [0.29, 0.717) is 12.8 Å². The molecule has 0 aromatic heterocycles. The molecule has 0 bridgehead atoms. The van der Waals surface area contributed by atoms with Crippen LogP contribution in [0, 0.1) is 0 Å². The second-order valence-electron chi connectivity index (χ2n) is 13.5. The van der Waals surface area contributed by atoms with Crippen molar-refractivity contribution in [1.29, 1.82) is 0 Å². The predicted octanol–water partition coefficient (Wildman–Crippen LogP) is 13.6. The number of hydrogen-bond acceptors (Lipinski definition) is 3. The Balaban J connectivity index is 3.59. The van der Waals surface area contributed by atoms with E-state index in [1.165, 1.54) is 122 Å². The van der Waals surface area contributed by atoms with Gasteiger partial charge < -0.3 is 9.84 Å². The first-order valence-electron chi connectivity index (χ1n) is 19.8. The monoisotopic (exact) mass is 633 g/mol. The summed E-state index contributed by atoms with van der Waals surface area (Å²) in [6.45, 7) is 4.46. The molecule has 4 heteroatoms. The van der Waals surface area contributed by atoms with Crippen molar-refractivity contribution in [3.63, 3.8) is 0 Å². The number of carboxylic acids is 1. The molecule has 0 radical (unpaired) electrons. The molecule has 0 aromatic rings. The Bertz CT molecular complexity index is 683. The Labute approximate surface area is 280 Å². The number of unbranched alkanes of at least 4 members (excludes halogenated alkanes) is 23. The third-order valence-electron chi connectivity index (χ3n) is 8.93. The summed E-state index contributed by atoms with van der Waals surface area (Å²) in [4.78, 5) is 23.0.